The number of anilines is 1. The molecule has 0 unspecified atom stereocenters. The highest BCUT2D eigenvalue weighted by atomic mass is 19.4. The van der Waals surface area contributed by atoms with Crippen molar-refractivity contribution in [2.45, 2.75) is 115 Å². The maximum atomic E-state index is 15.9. The van der Waals surface area contributed by atoms with Crippen LogP contribution < -0.4 is 26.3 Å². The number of hydrogen-bond acceptors (Lipinski definition) is 15. The number of alkyl halides is 6. The van der Waals surface area contributed by atoms with Gasteiger partial charge in [-0.25, -0.2) is 28.4 Å². The van der Waals surface area contributed by atoms with Gasteiger partial charge in [0, 0.05) is 73.1 Å². The fourth-order valence-corrected chi connectivity index (χ4v) is 9.02. The first-order valence-electron chi connectivity index (χ1n) is 24.8. The first-order valence-corrected chi connectivity index (χ1v) is 24.8. The first-order chi connectivity index (χ1) is 37.0. The van der Waals surface area contributed by atoms with Crippen molar-refractivity contribution in [3.8, 4) is 11.8 Å². The van der Waals surface area contributed by atoms with E-state index in [0.29, 0.717) is 74.1 Å². The zero-order valence-electron chi connectivity index (χ0n) is 44.1. The Morgan fingerprint density at radius 1 is 0.810 bits per heavy atom. The SMILES string of the molecule is CCC(=N)OC(=N)c1cc(F)c(CN(C[C@H](O)[C@H](Cc2ccc(C#Cc3ccc(N4C[C@H]5C[C@@H]4CN5C4COC4)nc3)cc2)NC(=O)[C@@H](NC(=O)OC)C(C)(C)C(F)(F)F)NC(=O)[C@@H](NC(=O)OC)C(C)(C)C(F)(F)F)c(F)c1. The lowest BCUT2D eigenvalue weighted by Crippen LogP contribution is -2.63. The van der Waals surface area contributed by atoms with Gasteiger partial charge >= 0.3 is 24.5 Å². The van der Waals surface area contributed by atoms with Crippen molar-refractivity contribution in [3.63, 3.8) is 0 Å². The molecule has 3 fully saturated rings. The number of ether oxygens (including phenoxy) is 4. The Morgan fingerprint density at radius 2 is 1.37 bits per heavy atom. The van der Waals surface area contributed by atoms with Crippen LogP contribution in [-0.2, 0) is 41.5 Å². The van der Waals surface area contributed by atoms with Gasteiger partial charge in [-0.05, 0) is 82.5 Å². The minimum absolute atomic E-state index is 0.00787. The van der Waals surface area contributed by atoms with E-state index in [0.717, 1.165) is 52.8 Å². The number of amides is 4. The third-order valence-electron chi connectivity index (χ3n) is 14.3. The van der Waals surface area contributed by atoms with Crippen molar-refractivity contribution in [1.82, 2.24) is 36.3 Å². The van der Waals surface area contributed by atoms with Gasteiger partial charge in [0.15, 0.2) is 5.90 Å². The van der Waals surface area contributed by atoms with Crippen LogP contribution >= 0.6 is 0 Å². The normalized spacial score (nSPS) is 18.3. The quantitative estimate of drug-likeness (QED) is 0.0251. The van der Waals surface area contributed by atoms with E-state index in [4.69, 9.17) is 20.3 Å². The van der Waals surface area contributed by atoms with Gasteiger partial charge in [0.1, 0.15) is 29.5 Å². The van der Waals surface area contributed by atoms with Gasteiger partial charge in [-0.2, -0.15) is 26.3 Å². The molecule has 0 aliphatic carbocycles. The van der Waals surface area contributed by atoms with Crippen LogP contribution in [0.5, 0.6) is 0 Å². The second-order valence-electron chi connectivity index (χ2n) is 20.4. The molecule has 3 saturated heterocycles. The fraction of sp³-hybridized carbons (Fsp3) is 0.519. The number of hydrogen-bond donors (Lipinski definition) is 7. The number of halogens is 8. The first kappa shape index (κ1) is 61.1. The predicted octanol–water partition coefficient (Wildman–Crippen LogP) is 5.70. The molecule has 19 nitrogen and oxygen atoms in total. The van der Waals surface area contributed by atoms with Crippen LogP contribution in [-0.4, -0.2) is 158 Å². The lowest BCUT2D eigenvalue weighted by Gasteiger charge is -2.42. The number of fused-ring (bicyclic) bond motifs is 2. The lowest BCUT2D eigenvalue weighted by molar-refractivity contribution is -0.221. The molecule has 6 atom stereocenters. The zero-order valence-corrected chi connectivity index (χ0v) is 44.1. The Hall–Kier alpha value is -7.15. The van der Waals surface area contributed by atoms with Crippen LogP contribution in [0.25, 0.3) is 0 Å². The molecule has 3 aromatic rings. The topological polar surface area (TPSA) is 244 Å². The largest absolute Gasteiger partial charge is 0.453 e. The van der Waals surface area contributed by atoms with Crippen molar-refractivity contribution in [2.75, 3.05) is 52.0 Å². The number of rotatable bonds is 19. The molecular weight excluding hydrogens is 1060 g/mol. The minimum atomic E-state index is -5.21. The third kappa shape index (κ3) is 14.6. The average Bonchev–Trinajstić information content (AvgIpc) is 4.02. The predicted molar refractivity (Wildman–Crippen MR) is 268 cm³/mol. The summed E-state index contributed by atoms with van der Waals surface area (Å²) >= 11 is 0. The van der Waals surface area contributed by atoms with E-state index < -0.39 is 125 Å². The van der Waals surface area contributed by atoms with E-state index in [1.165, 1.54) is 19.1 Å². The zero-order chi connectivity index (χ0) is 58.4. The molecule has 7 N–H and O–H groups in total. The number of hydrazine groups is 1. The molecule has 0 saturated carbocycles. The van der Waals surface area contributed by atoms with E-state index in [1.807, 2.05) is 22.9 Å². The highest BCUT2D eigenvalue weighted by Gasteiger charge is 2.57. The molecule has 4 heterocycles. The number of likely N-dealkylation sites (tertiary alicyclic amines) is 1. The number of piperazine rings is 1. The van der Waals surface area contributed by atoms with E-state index in [2.05, 4.69) is 41.4 Å². The Labute approximate surface area is 450 Å². The van der Waals surface area contributed by atoms with Crippen LogP contribution in [0.15, 0.2) is 54.7 Å². The Morgan fingerprint density at radius 3 is 1.85 bits per heavy atom. The number of methoxy groups -OCH3 is 2. The standard InChI is InChI=1S/C52H62F8N10O9/c1-8-40(61)79-44(62)31-18-36(53)35(37(54)19-31)24-68(67-46(73)43(66-48(75)77-7)50(4,5)52(58,59)60)25-39(71)38(64-45(72)42(65-47(74)76-6)49(2,3)51(55,56)57)17-29-12-9-28(10-13-29)11-14-30-15-16-41(63-21-30)70-23-32-20-33(70)22-69(32)34-26-78-27-34/h9-10,12-13,15-16,18-19,21,32-34,38-39,42-43,61-62,71H,8,17,20,22-27H2,1-7H3,(H,64,72)(H,65,74)(H,66,75)(H,67,73)/t32-,33-,38+,39+,42-,43-/m1/s1. The minimum Gasteiger partial charge on any atom is -0.453 e. The summed E-state index contributed by atoms with van der Waals surface area (Å²) in [5, 5.41) is 34.3. The van der Waals surface area contributed by atoms with Crippen molar-refractivity contribution in [1.29, 1.82) is 10.8 Å². The molecule has 27 heteroatoms. The van der Waals surface area contributed by atoms with Gasteiger partial charge in [-0.3, -0.25) is 30.7 Å². The van der Waals surface area contributed by atoms with Crippen LogP contribution in [0.1, 0.15) is 75.3 Å². The van der Waals surface area contributed by atoms with E-state index in [9.17, 15) is 50.6 Å². The van der Waals surface area contributed by atoms with E-state index in [1.54, 1.807) is 23.6 Å². The molecule has 0 spiro atoms. The smallest absolute Gasteiger partial charge is 0.407 e. The molecule has 79 heavy (non-hydrogen) atoms. The number of aliphatic hydroxyl groups excluding tert-OH is 1. The van der Waals surface area contributed by atoms with Crippen molar-refractivity contribution >= 4 is 41.6 Å². The van der Waals surface area contributed by atoms with Crippen LogP contribution in [0.2, 0.25) is 0 Å². The highest BCUT2D eigenvalue weighted by Crippen LogP contribution is 2.42. The average molecular weight is 1120 g/mol. The molecule has 1 aromatic heterocycles. The second-order valence-corrected chi connectivity index (χ2v) is 20.4. The number of alkyl carbamates (subject to hydrolysis) is 2. The number of aliphatic hydroxyl groups is 1. The third-order valence-corrected chi connectivity index (χ3v) is 14.3. The van der Waals surface area contributed by atoms with Crippen molar-refractivity contribution in [2.24, 2.45) is 10.8 Å². The monoisotopic (exact) mass is 1120 g/mol. The maximum absolute atomic E-state index is 15.9. The molecule has 3 aliphatic heterocycles. The number of carbonyl (C=O) groups is 4. The summed E-state index contributed by atoms with van der Waals surface area (Å²) in [7, 11) is 1.62. The summed E-state index contributed by atoms with van der Waals surface area (Å²) < 4.78 is 138. The number of carbonyl (C=O) groups excluding carboxylic acids is 4. The van der Waals surface area contributed by atoms with Crippen LogP contribution in [0, 0.1) is 45.1 Å². The summed E-state index contributed by atoms with van der Waals surface area (Å²) in [5.74, 6) is -0.436. The molecule has 6 rings (SSSR count). The van der Waals surface area contributed by atoms with E-state index in [-0.39, 0.29) is 12.0 Å². The van der Waals surface area contributed by atoms with Gasteiger partial charge in [-0.1, -0.05) is 30.9 Å². The van der Waals surface area contributed by atoms with Gasteiger partial charge < -0.3 is 44.9 Å². The van der Waals surface area contributed by atoms with E-state index >= 15 is 8.78 Å². The molecule has 2 aromatic carbocycles. The molecule has 430 valence electrons. The number of nitrogens with one attached hydrogen (secondary N) is 6. The molecule has 3 aliphatic rings. The number of aromatic nitrogens is 1. The molecule has 0 radical (unpaired) electrons. The summed E-state index contributed by atoms with van der Waals surface area (Å²) in [6.45, 7) is 4.88. The summed E-state index contributed by atoms with van der Waals surface area (Å²) in [6.07, 6.45) is -13.2. The van der Waals surface area contributed by atoms with Gasteiger partial charge in [0.25, 0.3) is 5.91 Å². The Kier molecular flexibility index (Phi) is 19.2. The van der Waals surface area contributed by atoms with Gasteiger partial charge in [-0.15, -0.1) is 0 Å². The highest BCUT2D eigenvalue weighted by molar-refractivity contribution is 5.99. The Balaban J connectivity index is 1.31. The molecule has 4 amide bonds. The molecular formula is C52H62F8N10O9. The van der Waals surface area contributed by atoms with Crippen LogP contribution in [0.4, 0.5) is 50.5 Å². The summed E-state index contributed by atoms with van der Waals surface area (Å²) in [6, 6.07) is 5.56. The Bertz CT molecular complexity index is 2760. The summed E-state index contributed by atoms with van der Waals surface area (Å²) in [5.41, 5.74) is -4.15. The van der Waals surface area contributed by atoms with Gasteiger partial charge in [0.2, 0.25) is 11.8 Å². The van der Waals surface area contributed by atoms with Crippen molar-refractivity contribution < 1.29 is 78.4 Å². The lowest BCUT2D eigenvalue weighted by atomic mass is 9.82. The molecule has 2 bridgehead atoms. The maximum Gasteiger partial charge on any atom is 0.407 e. The second kappa shape index (κ2) is 24.9. The van der Waals surface area contributed by atoms with Crippen molar-refractivity contribution in [3.05, 3.63) is 94.2 Å². The fourth-order valence-electron chi connectivity index (χ4n) is 9.02. The number of pyridine rings is 1. The van der Waals surface area contributed by atoms with Gasteiger partial charge in [0.05, 0.1) is 56.5 Å². The van der Waals surface area contributed by atoms with Crippen LogP contribution in [0.3, 0.4) is 0 Å². The number of benzene rings is 2. The summed E-state index contributed by atoms with van der Waals surface area (Å²) in [4.78, 5) is 62.3. The number of nitrogens with zero attached hydrogens (tertiary/aromatic N) is 4.